The molecule has 1 aromatic rings. The fourth-order valence-electron chi connectivity index (χ4n) is 2.00. The first-order chi connectivity index (χ1) is 8.76. The van der Waals surface area contributed by atoms with E-state index in [0.717, 1.165) is 12.8 Å². The minimum Gasteiger partial charge on any atom is -0.295 e. The van der Waals surface area contributed by atoms with Gasteiger partial charge in [0.05, 0.1) is 0 Å². The van der Waals surface area contributed by atoms with E-state index < -0.39 is 0 Å². The number of benzene rings is 1. The average Bonchev–Trinajstić information content (AvgIpc) is 2.40. The fourth-order valence-corrected chi connectivity index (χ4v) is 2.00. The van der Waals surface area contributed by atoms with E-state index in [4.69, 9.17) is 0 Å². The van der Waals surface area contributed by atoms with Crippen molar-refractivity contribution in [3.63, 3.8) is 0 Å². The third kappa shape index (κ3) is 5.81. The maximum absolute atomic E-state index is 11.6. The van der Waals surface area contributed by atoms with E-state index in [0.29, 0.717) is 6.42 Å². The van der Waals surface area contributed by atoms with Crippen LogP contribution in [-0.4, -0.2) is 5.78 Å². The predicted molar refractivity (Wildman–Crippen MR) is 77.7 cm³/mol. The van der Waals surface area contributed by atoms with Gasteiger partial charge in [-0.25, -0.2) is 0 Å². The van der Waals surface area contributed by atoms with Gasteiger partial charge in [-0.2, -0.15) is 0 Å². The SMILES string of the molecule is CCCCC/C(=C\C(=O)CC)Cc1ccccc1. The van der Waals surface area contributed by atoms with Crippen molar-refractivity contribution in [2.75, 3.05) is 0 Å². The summed E-state index contributed by atoms with van der Waals surface area (Å²) < 4.78 is 0. The number of hydrogen-bond acceptors (Lipinski definition) is 1. The van der Waals surface area contributed by atoms with Crippen molar-refractivity contribution in [3.8, 4) is 0 Å². The van der Waals surface area contributed by atoms with E-state index in [-0.39, 0.29) is 5.78 Å². The Labute approximate surface area is 111 Å². The molecule has 0 spiro atoms. The van der Waals surface area contributed by atoms with Crippen molar-refractivity contribution < 1.29 is 4.79 Å². The molecular weight excluding hydrogens is 220 g/mol. The second-order valence-electron chi connectivity index (χ2n) is 4.74. The average molecular weight is 244 g/mol. The molecule has 0 fully saturated rings. The number of ketones is 1. The molecule has 1 heteroatoms. The largest absolute Gasteiger partial charge is 0.295 e. The van der Waals surface area contributed by atoms with Crippen molar-refractivity contribution in [2.24, 2.45) is 0 Å². The number of unbranched alkanes of at least 4 members (excludes halogenated alkanes) is 2. The first-order valence-corrected chi connectivity index (χ1v) is 7.02. The number of carbonyl (C=O) groups excluding carboxylic acids is 1. The molecule has 0 atom stereocenters. The van der Waals surface area contributed by atoms with Gasteiger partial charge in [-0.1, -0.05) is 62.6 Å². The summed E-state index contributed by atoms with van der Waals surface area (Å²) >= 11 is 0. The van der Waals surface area contributed by atoms with Gasteiger partial charge in [-0.15, -0.1) is 0 Å². The van der Waals surface area contributed by atoms with Gasteiger partial charge in [0.2, 0.25) is 0 Å². The topological polar surface area (TPSA) is 17.1 Å². The summed E-state index contributed by atoms with van der Waals surface area (Å²) in [5, 5.41) is 0. The van der Waals surface area contributed by atoms with E-state index in [2.05, 4.69) is 31.2 Å². The van der Waals surface area contributed by atoms with Gasteiger partial charge in [0.15, 0.2) is 5.78 Å². The standard InChI is InChI=1S/C17H24O/c1-3-5-7-12-16(14-17(18)4-2)13-15-10-8-6-9-11-15/h6,8-11,14H,3-5,7,12-13H2,1-2H3/b16-14+. The van der Waals surface area contributed by atoms with Gasteiger partial charge in [0, 0.05) is 6.42 Å². The summed E-state index contributed by atoms with van der Waals surface area (Å²) in [4.78, 5) is 11.6. The quantitative estimate of drug-likeness (QED) is 0.478. The van der Waals surface area contributed by atoms with Crippen LogP contribution in [0.5, 0.6) is 0 Å². The minimum atomic E-state index is 0.248. The number of allylic oxidation sites excluding steroid dienone is 2. The second-order valence-corrected chi connectivity index (χ2v) is 4.74. The lowest BCUT2D eigenvalue weighted by molar-refractivity contribution is -0.114. The molecular formula is C17H24O. The highest BCUT2D eigenvalue weighted by Crippen LogP contribution is 2.15. The van der Waals surface area contributed by atoms with Crippen LogP contribution in [0.25, 0.3) is 0 Å². The maximum Gasteiger partial charge on any atom is 0.155 e. The van der Waals surface area contributed by atoms with Crippen molar-refractivity contribution in [1.29, 1.82) is 0 Å². The number of rotatable bonds is 8. The van der Waals surface area contributed by atoms with Gasteiger partial charge < -0.3 is 0 Å². The molecule has 1 rings (SSSR count). The Morgan fingerprint density at radius 2 is 1.83 bits per heavy atom. The summed E-state index contributed by atoms with van der Waals surface area (Å²) in [7, 11) is 0. The van der Waals surface area contributed by atoms with E-state index in [9.17, 15) is 4.79 Å². The lowest BCUT2D eigenvalue weighted by Gasteiger charge is -2.07. The van der Waals surface area contributed by atoms with E-state index in [1.807, 2.05) is 19.1 Å². The minimum absolute atomic E-state index is 0.248. The van der Waals surface area contributed by atoms with Crippen molar-refractivity contribution >= 4 is 5.78 Å². The van der Waals surface area contributed by atoms with Crippen molar-refractivity contribution in [1.82, 2.24) is 0 Å². The highest BCUT2D eigenvalue weighted by atomic mass is 16.1. The molecule has 0 aliphatic heterocycles. The van der Waals surface area contributed by atoms with Crippen LogP contribution in [0.4, 0.5) is 0 Å². The molecule has 0 aliphatic rings. The second kappa shape index (κ2) is 8.68. The Balaban J connectivity index is 2.65. The number of hydrogen-bond donors (Lipinski definition) is 0. The van der Waals surface area contributed by atoms with Crippen LogP contribution < -0.4 is 0 Å². The third-order valence-corrected chi connectivity index (χ3v) is 3.09. The molecule has 98 valence electrons. The van der Waals surface area contributed by atoms with Crippen molar-refractivity contribution in [3.05, 3.63) is 47.5 Å². The van der Waals surface area contributed by atoms with Crippen LogP contribution in [0.2, 0.25) is 0 Å². The molecule has 0 saturated heterocycles. The smallest absolute Gasteiger partial charge is 0.155 e. The normalized spacial score (nSPS) is 11.6. The highest BCUT2D eigenvalue weighted by molar-refractivity contribution is 5.90. The third-order valence-electron chi connectivity index (χ3n) is 3.09. The Morgan fingerprint density at radius 3 is 2.44 bits per heavy atom. The van der Waals surface area contributed by atoms with Gasteiger partial charge in [0.1, 0.15) is 0 Å². The molecule has 0 N–H and O–H groups in total. The Bertz CT molecular complexity index is 376. The fraction of sp³-hybridized carbons (Fsp3) is 0.471. The Kier molecular flexibility index (Phi) is 7.09. The van der Waals surface area contributed by atoms with Crippen LogP contribution in [0.15, 0.2) is 42.0 Å². The molecule has 0 saturated carbocycles. The molecule has 0 heterocycles. The van der Waals surface area contributed by atoms with Crippen LogP contribution in [0, 0.1) is 0 Å². The first-order valence-electron chi connectivity index (χ1n) is 7.02. The van der Waals surface area contributed by atoms with E-state index >= 15 is 0 Å². The van der Waals surface area contributed by atoms with Crippen LogP contribution >= 0.6 is 0 Å². The summed E-state index contributed by atoms with van der Waals surface area (Å²) in [6, 6.07) is 10.4. The summed E-state index contributed by atoms with van der Waals surface area (Å²) in [5.74, 6) is 0.248. The van der Waals surface area contributed by atoms with E-state index in [1.165, 1.54) is 30.4 Å². The molecule has 0 amide bonds. The van der Waals surface area contributed by atoms with Crippen molar-refractivity contribution in [2.45, 2.75) is 52.4 Å². The zero-order valence-corrected chi connectivity index (χ0v) is 11.6. The van der Waals surface area contributed by atoms with E-state index in [1.54, 1.807) is 0 Å². The number of carbonyl (C=O) groups is 1. The molecule has 0 unspecified atom stereocenters. The summed E-state index contributed by atoms with van der Waals surface area (Å²) in [6.07, 6.45) is 8.08. The zero-order chi connectivity index (χ0) is 13.2. The molecule has 0 aromatic heterocycles. The molecule has 0 bridgehead atoms. The highest BCUT2D eigenvalue weighted by Gasteiger charge is 2.03. The van der Waals surface area contributed by atoms with Gasteiger partial charge in [-0.05, 0) is 30.9 Å². The van der Waals surface area contributed by atoms with Gasteiger partial charge >= 0.3 is 0 Å². The Hall–Kier alpha value is -1.37. The molecule has 1 nitrogen and oxygen atoms in total. The Morgan fingerprint density at radius 1 is 1.11 bits per heavy atom. The van der Waals surface area contributed by atoms with Gasteiger partial charge in [-0.3, -0.25) is 4.79 Å². The maximum atomic E-state index is 11.6. The monoisotopic (exact) mass is 244 g/mol. The molecule has 1 aromatic carbocycles. The summed E-state index contributed by atoms with van der Waals surface area (Å²) in [5.41, 5.74) is 2.57. The molecule has 0 aliphatic carbocycles. The predicted octanol–water partition coefficient (Wildman–Crippen LogP) is 4.71. The molecule has 0 radical (unpaired) electrons. The van der Waals surface area contributed by atoms with Crippen LogP contribution in [0.1, 0.15) is 51.5 Å². The lowest BCUT2D eigenvalue weighted by atomic mass is 9.98. The van der Waals surface area contributed by atoms with Gasteiger partial charge in [0.25, 0.3) is 0 Å². The molecule has 18 heavy (non-hydrogen) atoms. The zero-order valence-electron chi connectivity index (χ0n) is 11.6. The summed E-state index contributed by atoms with van der Waals surface area (Å²) in [6.45, 7) is 4.13. The lowest BCUT2D eigenvalue weighted by Crippen LogP contribution is -1.97. The first kappa shape index (κ1) is 14.7. The van der Waals surface area contributed by atoms with Crippen LogP contribution in [0.3, 0.4) is 0 Å². The van der Waals surface area contributed by atoms with Crippen LogP contribution in [-0.2, 0) is 11.2 Å².